The molecule has 0 bridgehead atoms. The van der Waals surface area contributed by atoms with Crippen LogP contribution < -0.4 is 21.1 Å². The van der Waals surface area contributed by atoms with Gasteiger partial charge < -0.3 is 25.5 Å². The zero-order valence-corrected chi connectivity index (χ0v) is 22.5. The molecule has 5 aromatic rings. The monoisotopic (exact) mass is 565 g/mol. The first kappa shape index (κ1) is 27.6. The van der Waals surface area contributed by atoms with Crippen LogP contribution in [0.2, 0.25) is 0 Å². The topological polar surface area (TPSA) is 154 Å². The highest BCUT2D eigenvalue weighted by Gasteiger charge is 2.25. The minimum Gasteiger partial charge on any atom is -0.424 e. The lowest BCUT2D eigenvalue weighted by molar-refractivity contribution is -0.115. The Balaban J connectivity index is 1.66. The number of carbonyl (C=O) groups excluding carboxylic acids is 3. The summed E-state index contributed by atoms with van der Waals surface area (Å²) < 4.78 is 20.7. The molecule has 3 aromatic heterocycles. The molecule has 42 heavy (non-hydrogen) atoms. The fourth-order valence-electron chi connectivity index (χ4n) is 4.39. The normalized spacial score (nSPS) is 10.7. The summed E-state index contributed by atoms with van der Waals surface area (Å²) in [5.41, 5.74) is 9.89. The number of fused-ring (bicyclic) bond motifs is 1. The second kappa shape index (κ2) is 11.3. The molecule has 11 nitrogen and oxygen atoms in total. The number of nitrogens with one attached hydrogen (secondary N) is 2. The third-order valence-corrected chi connectivity index (χ3v) is 6.16. The number of aryl methyl sites for hydroxylation is 1. The molecule has 0 spiro atoms. The number of nitrogens with two attached hydrogens (primary N) is 1. The van der Waals surface area contributed by atoms with Crippen LogP contribution in [0, 0.1) is 6.92 Å². The number of halogens is 1. The van der Waals surface area contributed by atoms with E-state index in [4.69, 9.17) is 10.5 Å². The van der Waals surface area contributed by atoms with E-state index in [1.54, 1.807) is 71.4 Å². The van der Waals surface area contributed by atoms with Crippen LogP contribution >= 0.6 is 0 Å². The Morgan fingerprint density at radius 1 is 0.976 bits per heavy atom. The van der Waals surface area contributed by atoms with E-state index in [0.717, 1.165) is 5.69 Å². The van der Waals surface area contributed by atoms with E-state index in [2.05, 4.69) is 32.2 Å². The second-order valence-electron chi connectivity index (χ2n) is 9.22. The summed E-state index contributed by atoms with van der Waals surface area (Å²) in [5.74, 6) is -2.38. The van der Waals surface area contributed by atoms with Gasteiger partial charge in [-0.05, 0) is 48.4 Å². The third-order valence-electron chi connectivity index (χ3n) is 6.16. The number of anilines is 2. The van der Waals surface area contributed by atoms with Gasteiger partial charge >= 0.3 is 6.01 Å². The van der Waals surface area contributed by atoms with E-state index in [0.29, 0.717) is 39.3 Å². The van der Waals surface area contributed by atoms with Crippen molar-refractivity contribution in [3.8, 4) is 34.1 Å². The molecule has 0 saturated carbocycles. The van der Waals surface area contributed by atoms with Crippen LogP contribution in [-0.4, -0.2) is 37.1 Å². The van der Waals surface area contributed by atoms with Gasteiger partial charge in [0.05, 0.1) is 29.2 Å². The van der Waals surface area contributed by atoms with Crippen LogP contribution in [0.25, 0.3) is 27.9 Å². The number of nitrogens with zero attached hydrogens (tertiary/aromatic N) is 4. The Morgan fingerprint density at radius 2 is 1.67 bits per heavy atom. The molecule has 210 valence electrons. The first-order valence-corrected chi connectivity index (χ1v) is 12.6. The molecule has 0 fully saturated rings. The Kier molecular flexibility index (Phi) is 7.43. The largest absolute Gasteiger partial charge is 0.424 e. The molecule has 0 atom stereocenters. The van der Waals surface area contributed by atoms with E-state index >= 15 is 0 Å². The standard InChI is InChI=1S/C30H24FN7O4/c1-16-12-13-33-30(35-16)42-22-10-6-19(7-11-22)25-26(28(32)40)23-14-34-24(36-18(3)39)15-38(23)27(25)20-4-8-21(9-5-20)37-29(41)17(2)31/h4-15H,2H2,1,3H3,(H2,32,40)(H,36,39)(H,37,41). The van der Waals surface area contributed by atoms with Gasteiger partial charge in [-0.2, -0.15) is 0 Å². The molecule has 2 aromatic carbocycles. The highest BCUT2D eigenvalue weighted by molar-refractivity contribution is 6.11. The summed E-state index contributed by atoms with van der Waals surface area (Å²) in [5, 5.41) is 5.05. The molecule has 0 saturated heterocycles. The fraction of sp³-hybridized carbons (Fsp3) is 0.0667. The van der Waals surface area contributed by atoms with Crippen molar-refractivity contribution < 1.29 is 23.5 Å². The van der Waals surface area contributed by atoms with Crippen LogP contribution in [0.5, 0.6) is 11.8 Å². The van der Waals surface area contributed by atoms with Crippen LogP contribution in [0.15, 0.2) is 85.6 Å². The Labute approximate surface area is 238 Å². The van der Waals surface area contributed by atoms with Crippen molar-refractivity contribution in [1.29, 1.82) is 0 Å². The summed E-state index contributed by atoms with van der Waals surface area (Å²) in [6.45, 7) is 6.18. The number of ether oxygens (including phenoxy) is 1. The third kappa shape index (κ3) is 5.68. The number of hydrogen-bond donors (Lipinski definition) is 3. The van der Waals surface area contributed by atoms with Gasteiger partial charge in [0.25, 0.3) is 11.8 Å². The highest BCUT2D eigenvalue weighted by Crippen LogP contribution is 2.40. The number of amides is 3. The van der Waals surface area contributed by atoms with Gasteiger partial charge in [-0.3, -0.25) is 14.4 Å². The number of primary amides is 1. The first-order chi connectivity index (χ1) is 20.1. The predicted molar refractivity (Wildman–Crippen MR) is 155 cm³/mol. The SMILES string of the molecule is C=C(F)C(=O)Nc1ccc(-c2c(-c3ccc(Oc4nccc(C)n4)cc3)c(C(N)=O)c3cnc(NC(C)=O)cn23)cc1. The van der Waals surface area contributed by atoms with Gasteiger partial charge in [-0.25, -0.2) is 19.3 Å². The van der Waals surface area contributed by atoms with Gasteiger partial charge in [0.15, 0.2) is 5.83 Å². The Hall–Kier alpha value is -5.91. The maximum absolute atomic E-state index is 13.2. The summed E-state index contributed by atoms with van der Waals surface area (Å²) in [6.07, 6.45) is 4.63. The second-order valence-corrected chi connectivity index (χ2v) is 9.22. The van der Waals surface area contributed by atoms with E-state index in [9.17, 15) is 18.8 Å². The average Bonchev–Trinajstić information content (AvgIpc) is 3.28. The number of rotatable bonds is 8. The average molecular weight is 566 g/mol. The van der Waals surface area contributed by atoms with Gasteiger partial charge in [-0.15, -0.1) is 0 Å². The zero-order valence-electron chi connectivity index (χ0n) is 22.5. The molecule has 0 aliphatic rings. The van der Waals surface area contributed by atoms with Crippen LogP contribution in [-0.2, 0) is 9.59 Å². The van der Waals surface area contributed by atoms with Crippen LogP contribution in [0.4, 0.5) is 15.9 Å². The zero-order chi connectivity index (χ0) is 30.0. The molecule has 0 aliphatic heterocycles. The maximum atomic E-state index is 13.2. The lowest BCUT2D eigenvalue weighted by atomic mass is 9.96. The summed E-state index contributed by atoms with van der Waals surface area (Å²) in [7, 11) is 0. The smallest absolute Gasteiger partial charge is 0.322 e. The lowest BCUT2D eigenvalue weighted by Gasteiger charge is -2.11. The molecule has 0 aliphatic carbocycles. The quantitative estimate of drug-likeness (QED) is 0.223. The minimum absolute atomic E-state index is 0.191. The molecular weight excluding hydrogens is 541 g/mol. The van der Waals surface area contributed by atoms with E-state index in [1.165, 1.54) is 13.1 Å². The van der Waals surface area contributed by atoms with Gasteiger partial charge in [0.1, 0.15) is 11.6 Å². The maximum Gasteiger partial charge on any atom is 0.322 e. The Morgan fingerprint density at radius 3 is 2.29 bits per heavy atom. The van der Waals surface area contributed by atoms with Crippen LogP contribution in [0.3, 0.4) is 0 Å². The first-order valence-electron chi connectivity index (χ1n) is 12.6. The molecule has 0 unspecified atom stereocenters. The minimum atomic E-state index is -1.12. The van der Waals surface area contributed by atoms with E-state index < -0.39 is 17.6 Å². The summed E-state index contributed by atoms with van der Waals surface area (Å²) in [6, 6.07) is 15.4. The van der Waals surface area contributed by atoms with Gasteiger partial charge in [0, 0.05) is 30.1 Å². The molecule has 3 heterocycles. The van der Waals surface area contributed by atoms with E-state index in [-0.39, 0.29) is 23.3 Å². The number of hydrogen-bond acceptors (Lipinski definition) is 7. The molecule has 3 amide bonds. The van der Waals surface area contributed by atoms with Crippen molar-refractivity contribution in [3.63, 3.8) is 0 Å². The molecule has 0 radical (unpaired) electrons. The number of aromatic nitrogens is 4. The Bertz CT molecular complexity index is 1870. The number of benzene rings is 2. The molecule has 12 heteroatoms. The van der Waals surface area contributed by atoms with Crippen molar-refractivity contribution in [3.05, 3.63) is 96.9 Å². The van der Waals surface area contributed by atoms with E-state index in [1.807, 2.05) is 6.92 Å². The molecule has 5 rings (SSSR count). The molecule has 4 N–H and O–H groups in total. The molecular formula is C30H24FN7O4. The predicted octanol–water partition coefficient (Wildman–Crippen LogP) is 5.04. The van der Waals surface area contributed by atoms with Gasteiger partial charge in [-0.1, -0.05) is 30.8 Å². The summed E-state index contributed by atoms with van der Waals surface area (Å²) >= 11 is 0. The van der Waals surface area contributed by atoms with Crippen molar-refractivity contribution in [2.24, 2.45) is 5.73 Å². The van der Waals surface area contributed by atoms with Gasteiger partial charge in [0.2, 0.25) is 5.91 Å². The summed E-state index contributed by atoms with van der Waals surface area (Å²) in [4.78, 5) is 49.0. The number of carbonyl (C=O) groups is 3. The lowest BCUT2D eigenvalue weighted by Crippen LogP contribution is -2.12. The highest BCUT2D eigenvalue weighted by atomic mass is 19.1. The van der Waals surface area contributed by atoms with Crippen molar-refractivity contribution in [2.75, 3.05) is 10.6 Å². The van der Waals surface area contributed by atoms with Crippen molar-refractivity contribution >= 4 is 34.7 Å². The fourth-order valence-corrected chi connectivity index (χ4v) is 4.39. The van der Waals surface area contributed by atoms with Crippen molar-refractivity contribution in [1.82, 2.24) is 19.4 Å². The van der Waals surface area contributed by atoms with Crippen molar-refractivity contribution in [2.45, 2.75) is 13.8 Å². The van der Waals surface area contributed by atoms with Crippen LogP contribution in [0.1, 0.15) is 23.0 Å².